The summed E-state index contributed by atoms with van der Waals surface area (Å²) in [4.78, 5) is 13.9. The van der Waals surface area contributed by atoms with Gasteiger partial charge in [-0.1, -0.05) is 18.2 Å². The van der Waals surface area contributed by atoms with Crippen molar-refractivity contribution in [1.82, 2.24) is 20.5 Å². The lowest BCUT2D eigenvalue weighted by atomic mass is 9.91. The molecule has 6 heteroatoms. The van der Waals surface area contributed by atoms with Crippen LogP contribution in [-0.2, 0) is 6.54 Å². The first-order valence-corrected chi connectivity index (χ1v) is 8.57. The predicted octanol–water partition coefficient (Wildman–Crippen LogP) is 2.97. The van der Waals surface area contributed by atoms with Crippen molar-refractivity contribution < 1.29 is 9.42 Å². The van der Waals surface area contributed by atoms with E-state index in [-0.39, 0.29) is 6.03 Å². The van der Waals surface area contributed by atoms with E-state index >= 15 is 0 Å². The second-order valence-electron chi connectivity index (χ2n) is 7.00. The number of amides is 2. The van der Waals surface area contributed by atoms with E-state index in [1.165, 1.54) is 12.8 Å². The lowest BCUT2D eigenvalue weighted by Crippen LogP contribution is -2.37. The van der Waals surface area contributed by atoms with E-state index in [2.05, 4.69) is 27.8 Å². The third kappa shape index (κ3) is 3.00. The molecule has 2 bridgehead atoms. The number of benzene rings is 1. The fourth-order valence-corrected chi connectivity index (χ4v) is 4.00. The molecule has 0 saturated heterocycles. The van der Waals surface area contributed by atoms with E-state index in [1.807, 2.05) is 18.2 Å². The van der Waals surface area contributed by atoms with Gasteiger partial charge in [-0.2, -0.15) is 0 Å². The topological polar surface area (TPSA) is 71.3 Å². The van der Waals surface area contributed by atoms with Crippen molar-refractivity contribution in [3.05, 3.63) is 35.9 Å². The van der Waals surface area contributed by atoms with Crippen molar-refractivity contribution in [3.8, 4) is 0 Å². The number of nitrogens with zero attached hydrogens (tertiary/aromatic N) is 3. The quantitative estimate of drug-likeness (QED) is 0.858. The zero-order valence-electron chi connectivity index (χ0n) is 13.8. The van der Waals surface area contributed by atoms with E-state index in [0.717, 1.165) is 41.8 Å². The summed E-state index contributed by atoms with van der Waals surface area (Å²) in [6, 6.07) is 5.66. The van der Waals surface area contributed by atoms with Crippen LogP contribution in [0.3, 0.4) is 0 Å². The minimum absolute atomic E-state index is 0.0351. The van der Waals surface area contributed by atoms with Gasteiger partial charge in [-0.3, -0.25) is 0 Å². The highest BCUT2D eigenvalue weighted by Crippen LogP contribution is 2.44. The van der Waals surface area contributed by atoms with Crippen LogP contribution in [0.2, 0.25) is 0 Å². The van der Waals surface area contributed by atoms with Gasteiger partial charge in [-0.05, 0) is 65.0 Å². The molecule has 1 N–H and O–H groups in total. The molecule has 0 aliphatic heterocycles. The maximum absolute atomic E-state index is 12.2. The Labute approximate surface area is 140 Å². The third-order valence-corrected chi connectivity index (χ3v) is 5.29. The summed E-state index contributed by atoms with van der Waals surface area (Å²) in [6.07, 6.45) is 8.40. The van der Waals surface area contributed by atoms with E-state index in [9.17, 15) is 4.79 Å². The van der Waals surface area contributed by atoms with Crippen LogP contribution in [0.4, 0.5) is 4.79 Å². The zero-order valence-corrected chi connectivity index (χ0v) is 13.8. The summed E-state index contributed by atoms with van der Waals surface area (Å²) in [5.74, 6) is 2.28. The van der Waals surface area contributed by atoms with Crippen LogP contribution in [0.5, 0.6) is 0 Å². The molecule has 24 heavy (non-hydrogen) atoms. The summed E-state index contributed by atoms with van der Waals surface area (Å²) in [6.45, 7) is 1.28. The minimum atomic E-state index is -0.0351. The Bertz CT molecular complexity index is 769. The summed E-state index contributed by atoms with van der Waals surface area (Å²) in [7, 11) is 1.81. The number of fused-ring (bicyclic) bond motifs is 3. The molecule has 1 fully saturated rings. The smallest absolute Gasteiger partial charge is 0.317 e. The van der Waals surface area contributed by atoms with Crippen LogP contribution in [0, 0.1) is 17.8 Å². The molecule has 2 aliphatic carbocycles. The molecule has 1 aromatic heterocycles. The predicted molar refractivity (Wildman–Crippen MR) is 90.1 cm³/mol. The molecular formula is C18H22N4O2. The van der Waals surface area contributed by atoms with Gasteiger partial charge in [0.2, 0.25) is 0 Å². The van der Waals surface area contributed by atoms with Gasteiger partial charge in [0.1, 0.15) is 11.0 Å². The second kappa shape index (κ2) is 6.26. The largest absolute Gasteiger partial charge is 0.338 e. The average Bonchev–Trinajstić information content (AvgIpc) is 3.30. The van der Waals surface area contributed by atoms with Crippen LogP contribution >= 0.6 is 0 Å². The van der Waals surface area contributed by atoms with Crippen LogP contribution in [0.1, 0.15) is 24.8 Å². The highest BCUT2D eigenvalue weighted by molar-refractivity contribution is 5.75. The molecule has 126 valence electrons. The first-order valence-electron chi connectivity index (χ1n) is 8.57. The molecule has 2 amide bonds. The van der Waals surface area contributed by atoms with Gasteiger partial charge in [0.25, 0.3) is 0 Å². The van der Waals surface area contributed by atoms with E-state index in [1.54, 1.807) is 11.9 Å². The SMILES string of the molecule is CN(Cc1ccc2nonc2c1)C(=O)NCC[C@@H]1C[C@@H]2C=C[C@H]1C2. The molecule has 0 unspecified atom stereocenters. The first-order chi connectivity index (χ1) is 11.7. The summed E-state index contributed by atoms with van der Waals surface area (Å²) < 4.78 is 4.70. The number of allylic oxidation sites excluding steroid dienone is 2. The minimum Gasteiger partial charge on any atom is -0.338 e. The third-order valence-electron chi connectivity index (χ3n) is 5.29. The number of hydrogen-bond acceptors (Lipinski definition) is 4. The molecule has 2 aliphatic rings. The Kier molecular flexibility index (Phi) is 3.96. The first kappa shape index (κ1) is 15.2. The van der Waals surface area contributed by atoms with E-state index in [0.29, 0.717) is 12.1 Å². The molecule has 6 nitrogen and oxygen atoms in total. The lowest BCUT2D eigenvalue weighted by Gasteiger charge is -2.21. The molecular weight excluding hydrogens is 304 g/mol. The fraction of sp³-hybridized carbons (Fsp3) is 0.500. The Balaban J connectivity index is 1.25. The van der Waals surface area contributed by atoms with Gasteiger partial charge < -0.3 is 10.2 Å². The van der Waals surface area contributed by atoms with Crippen LogP contribution in [0.25, 0.3) is 11.0 Å². The number of urea groups is 1. The van der Waals surface area contributed by atoms with Crippen molar-refractivity contribution in [1.29, 1.82) is 0 Å². The number of aromatic nitrogens is 2. The Morgan fingerprint density at radius 2 is 2.17 bits per heavy atom. The van der Waals surface area contributed by atoms with Crippen molar-refractivity contribution in [2.24, 2.45) is 17.8 Å². The number of hydrogen-bond donors (Lipinski definition) is 1. The molecule has 0 radical (unpaired) electrons. The summed E-state index contributed by atoms with van der Waals surface area (Å²) >= 11 is 0. The second-order valence-corrected chi connectivity index (χ2v) is 7.00. The molecule has 3 atom stereocenters. The highest BCUT2D eigenvalue weighted by atomic mass is 16.6. The number of nitrogens with one attached hydrogen (secondary N) is 1. The molecule has 4 rings (SSSR count). The van der Waals surface area contributed by atoms with Gasteiger partial charge in [0, 0.05) is 20.1 Å². The van der Waals surface area contributed by atoms with Gasteiger partial charge in [0.15, 0.2) is 0 Å². The standard InChI is InChI=1S/C18H22N4O2/c1-22(11-13-3-5-16-17(10-13)21-24-20-16)18(23)19-7-6-15-9-12-2-4-14(15)8-12/h2-5,10,12,14-15H,6-9,11H2,1H3,(H,19,23)/t12-,14+,15-/m1/s1. The van der Waals surface area contributed by atoms with Crippen LogP contribution in [-0.4, -0.2) is 34.8 Å². The van der Waals surface area contributed by atoms with Crippen molar-refractivity contribution >= 4 is 17.1 Å². The van der Waals surface area contributed by atoms with Gasteiger partial charge in [0.05, 0.1) is 0 Å². The fourth-order valence-electron chi connectivity index (χ4n) is 4.00. The van der Waals surface area contributed by atoms with Crippen LogP contribution in [0.15, 0.2) is 35.0 Å². The van der Waals surface area contributed by atoms with E-state index in [4.69, 9.17) is 4.63 Å². The number of rotatable bonds is 5. The zero-order chi connectivity index (χ0) is 16.5. The Hall–Kier alpha value is -2.37. The Morgan fingerprint density at radius 3 is 2.96 bits per heavy atom. The normalized spacial score (nSPS) is 24.6. The van der Waals surface area contributed by atoms with E-state index < -0.39 is 0 Å². The van der Waals surface area contributed by atoms with Gasteiger partial charge in [-0.25, -0.2) is 9.42 Å². The Morgan fingerprint density at radius 1 is 1.29 bits per heavy atom. The van der Waals surface area contributed by atoms with Crippen molar-refractivity contribution in [2.45, 2.75) is 25.8 Å². The molecule has 1 aromatic carbocycles. The molecule has 1 saturated carbocycles. The number of carbonyl (C=O) groups excluding carboxylic acids is 1. The maximum Gasteiger partial charge on any atom is 0.317 e. The van der Waals surface area contributed by atoms with Gasteiger partial charge in [-0.15, -0.1) is 0 Å². The highest BCUT2D eigenvalue weighted by Gasteiger charge is 2.34. The van der Waals surface area contributed by atoms with Crippen molar-refractivity contribution in [3.63, 3.8) is 0 Å². The molecule has 1 heterocycles. The summed E-state index contributed by atoms with van der Waals surface area (Å²) in [5, 5.41) is 10.7. The lowest BCUT2D eigenvalue weighted by molar-refractivity contribution is 0.205. The summed E-state index contributed by atoms with van der Waals surface area (Å²) in [5.41, 5.74) is 2.45. The van der Waals surface area contributed by atoms with Gasteiger partial charge >= 0.3 is 6.03 Å². The maximum atomic E-state index is 12.2. The molecule has 0 spiro atoms. The monoisotopic (exact) mass is 326 g/mol. The number of carbonyl (C=O) groups is 1. The average molecular weight is 326 g/mol. The van der Waals surface area contributed by atoms with Crippen LogP contribution < -0.4 is 5.32 Å². The van der Waals surface area contributed by atoms with Crippen molar-refractivity contribution in [2.75, 3.05) is 13.6 Å². The molecule has 2 aromatic rings.